The molecular formula is C12H8I2. The summed E-state index contributed by atoms with van der Waals surface area (Å²) in [5.41, 5.74) is 2.60. The van der Waals surface area contributed by atoms with Gasteiger partial charge in [-0.15, -0.1) is 0 Å². The van der Waals surface area contributed by atoms with Crippen LogP contribution in [-0.2, 0) is 0 Å². The van der Waals surface area contributed by atoms with Crippen molar-refractivity contribution >= 4 is 45.2 Å². The van der Waals surface area contributed by atoms with Crippen molar-refractivity contribution in [3.63, 3.8) is 0 Å². The zero-order valence-corrected chi connectivity index (χ0v) is 11.7. The first-order valence-corrected chi connectivity index (χ1v) is 6.43. The molecule has 0 aliphatic rings. The van der Waals surface area contributed by atoms with Crippen molar-refractivity contribution in [2.75, 3.05) is 0 Å². The van der Waals surface area contributed by atoms with Gasteiger partial charge in [-0.25, -0.2) is 0 Å². The molecule has 0 heterocycles. The van der Waals surface area contributed by atoms with E-state index in [-0.39, 0.29) is 0 Å². The fourth-order valence-electron chi connectivity index (χ4n) is 1.34. The van der Waals surface area contributed by atoms with Crippen molar-refractivity contribution in [1.29, 1.82) is 0 Å². The van der Waals surface area contributed by atoms with Crippen LogP contribution in [0.2, 0.25) is 0 Å². The van der Waals surface area contributed by atoms with Gasteiger partial charge < -0.3 is 0 Å². The summed E-state index contributed by atoms with van der Waals surface area (Å²) in [6, 6.07) is 17.0. The molecule has 0 atom stereocenters. The molecule has 0 N–H and O–H groups in total. The molecule has 2 aromatic carbocycles. The Morgan fingerprint density at radius 2 is 1.50 bits per heavy atom. The SMILES string of the molecule is Ic1ccc(-c2ccccc2)c(I)c1. The summed E-state index contributed by atoms with van der Waals surface area (Å²) < 4.78 is 2.59. The fraction of sp³-hybridized carbons (Fsp3) is 0. The molecule has 0 amide bonds. The van der Waals surface area contributed by atoms with Gasteiger partial charge in [0.1, 0.15) is 0 Å². The topological polar surface area (TPSA) is 0 Å². The van der Waals surface area contributed by atoms with Crippen LogP contribution in [0.15, 0.2) is 48.5 Å². The second-order valence-corrected chi connectivity index (χ2v) is 5.40. The number of hydrogen-bond acceptors (Lipinski definition) is 0. The van der Waals surface area contributed by atoms with Gasteiger partial charge in [-0.05, 0) is 68.4 Å². The van der Waals surface area contributed by atoms with Crippen molar-refractivity contribution in [1.82, 2.24) is 0 Å². The van der Waals surface area contributed by atoms with Gasteiger partial charge in [0.2, 0.25) is 0 Å². The number of rotatable bonds is 1. The van der Waals surface area contributed by atoms with E-state index in [1.165, 1.54) is 18.3 Å². The molecule has 0 unspecified atom stereocenters. The first-order valence-electron chi connectivity index (χ1n) is 4.28. The van der Waals surface area contributed by atoms with E-state index in [2.05, 4.69) is 87.6 Å². The van der Waals surface area contributed by atoms with Crippen LogP contribution in [0.3, 0.4) is 0 Å². The second-order valence-electron chi connectivity index (χ2n) is 2.99. The molecule has 2 heteroatoms. The summed E-state index contributed by atoms with van der Waals surface area (Å²) in [7, 11) is 0. The van der Waals surface area contributed by atoms with Gasteiger partial charge in [0, 0.05) is 7.14 Å². The maximum absolute atomic E-state index is 2.38. The second kappa shape index (κ2) is 4.61. The summed E-state index contributed by atoms with van der Waals surface area (Å²) in [6.07, 6.45) is 0. The van der Waals surface area contributed by atoms with E-state index in [9.17, 15) is 0 Å². The lowest BCUT2D eigenvalue weighted by atomic mass is 10.1. The standard InChI is InChI=1S/C12H8I2/c13-10-6-7-11(12(14)8-10)9-4-2-1-3-5-9/h1-8H. The van der Waals surface area contributed by atoms with Gasteiger partial charge in [-0.1, -0.05) is 36.4 Å². The molecule has 0 aliphatic carbocycles. The summed E-state index contributed by atoms with van der Waals surface area (Å²) in [4.78, 5) is 0. The van der Waals surface area contributed by atoms with E-state index >= 15 is 0 Å². The highest BCUT2D eigenvalue weighted by Gasteiger charge is 2.01. The molecule has 70 valence electrons. The van der Waals surface area contributed by atoms with Crippen LogP contribution in [0.4, 0.5) is 0 Å². The zero-order valence-electron chi connectivity index (χ0n) is 7.37. The van der Waals surface area contributed by atoms with E-state index < -0.39 is 0 Å². The summed E-state index contributed by atoms with van der Waals surface area (Å²) in [6.45, 7) is 0. The summed E-state index contributed by atoms with van der Waals surface area (Å²) in [5.74, 6) is 0. The molecule has 0 nitrogen and oxygen atoms in total. The highest BCUT2D eigenvalue weighted by atomic mass is 127. The largest absolute Gasteiger partial charge is 0.0622 e. The zero-order chi connectivity index (χ0) is 9.97. The predicted molar refractivity (Wildman–Crippen MR) is 77.3 cm³/mol. The number of halogens is 2. The Hall–Kier alpha value is -0.100. The van der Waals surface area contributed by atoms with Crippen LogP contribution in [0.1, 0.15) is 0 Å². The molecule has 0 radical (unpaired) electrons. The van der Waals surface area contributed by atoms with E-state index in [1.54, 1.807) is 0 Å². The maximum Gasteiger partial charge on any atom is 0.0219 e. The van der Waals surface area contributed by atoms with Gasteiger partial charge in [0.05, 0.1) is 0 Å². The molecule has 2 aromatic rings. The minimum Gasteiger partial charge on any atom is -0.0622 e. The normalized spacial score (nSPS) is 10.1. The Balaban J connectivity index is 2.53. The molecule has 0 fully saturated rings. The van der Waals surface area contributed by atoms with Crippen LogP contribution in [0, 0.1) is 7.14 Å². The Kier molecular flexibility index (Phi) is 3.43. The smallest absolute Gasteiger partial charge is 0.0219 e. The molecule has 0 bridgehead atoms. The molecule has 0 spiro atoms. The van der Waals surface area contributed by atoms with Gasteiger partial charge in [-0.3, -0.25) is 0 Å². The molecule has 14 heavy (non-hydrogen) atoms. The molecule has 0 saturated heterocycles. The van der Waals surface area contributed by atoms with Crippen molar-refractivity contribution in [3.05, 3.63) is 55.7 Å². The Morgan fingerprint density at radius 3 is 2.14 bits per heavy atom. The van der Waals surface area contributed by atoms with Crippen LogP contribution in [-0.4, -0.2) is 0 Å². The third-order valence-corrected chi connectivity index (χ3v) is 3.58. The minimum absolute atomic E-state index is 1.28. The van der Waals surface area contributed by atoms with E-state index in [4.69, 9.17) is 0 Å². The summed E-state index contributed by atoms with van der Waals surface area (Å²) in [5, 5.41) is 0. The van der Waals surface area contributed by atoms with Crippen molar-refractivity contribution in [2.45, 2.75) is 0 Å². The van der Waals surface area contributed by atoms with Crippen LogP contribution in [0.25, 0.3) is 11.1 Å². The average Bonchev–Trinajstić information content (AvgIpc) is 2.19. The average molecular weight is 406 g/mol. The Labute approximate surface area is 111 Å². The van der Waals surface area contributed by atoms with Crippen LogP contribution >= 0.6 is 45.2 Å². The van der Waals surface area contributed by atoms with Gasteiger partial charge in [-0.2, -0.15) is 0 Å². The van der Waals surface area contributed by atoms with Gasteiger partial charge in [0.25, 0.3) is 0 Å². The first-order chi connectivity index (χ1) is 6.77. The molecule has 0 aromatic heterocycles. The lowest BCUT2D eigenvalue weighted by Gasteiger charge is -2.04. The van der Waals surface area contributed by atoms with E-state index in [0.717, 1.165) is 0 Å². The molecule has 0 aliphatic heterocycles. The van der Waals surface area contributed by atoms with Crippen molar-refractivity contribution in [3.8, 4) is 11.1 Å². The number of hydrogen-bond donors (Lipinski definition) is 0. The highest BCUT2D eigenvalue weighted by molar-refractivity contribution is 14.1. The third-order valence-electron chi connectivity index (χ3n) is 2.02. The lowest BCUT2D eigenvalue weighted by molar-refractivity contribution is 1.55. The minimum atomic E-state index is 1.28. The molecular weight excluding hydrogens is 398 g/mol. The maximum atomic E-state index is 2.38. The fourth-order valence-corrected chi connectivity index (χ4v) is 3.26. The quantitative estimate of drug-likeness (QED) is 0.610. The molecule has 2 rings (SSSR count). The van der Waals surface area contributed by atoms with E-state index in [0.29, 0.717) is 0 Å². The van der Waals surface area contributed by atoms with Crippen molar-refractivity contribution < 1.29 is 0 Å². The third kappa shape index (κ3) is 2.28. The van der Waals surface area contributed by atoms with Gasteiger partial charge >= 0.3 is 0 Å². The van der Waals surface area contributed by atoms with Gasteiger partial charge in [0.15, 0.2) is 0 Å². The Bertz CT molecular complexity index is 435. The first kappa shape index (κ1) is 10.4. The van der Waals surface area contributed by atoms with Crippen LogP contribution < -0.4 is 0 Å². The monoisotopic (exact) mass is 406 g/mol. The van der Waals surface area contributed by atoms with Crippen molar-refractivity contribution in [2.24, 2.45) is 0 Å². The molecule has 0 saturated carbocycles. The highest BCUT2D eigenvalue weighted by Crippen LogP contribution is 2.26. The van der Waals surface area contributed by atoms with Crippen LogP contribution in [0.5, 0.6) is 0 Å². The predicted octanol–water partition coefficient (Wildman–Crippen LogP) is 4.56. The Morgan fingerprint density at radius 1 is 0.786 bits per heavy atom. The number of benzene rings is 2. The summed E-state index contributed by atoms with van der Waals surface area (Å²) >= 11 is 4.72. The van der Waals surface area contributed by atoms with E-state index in [1.807, 2.05) is 6.07 Å². The lowest BCUT2D eigenvalue weighted by Crippen LogP contribution is -1.83.